The van der Waals surface area contributed by atoms with Gasteiger partial charge in [-0.15, -0.1) is 0 Å². The first kappa shape index (κ1) is 19.8. The summed E-state index contributed by atoms with van der Waals surface area (Å²) in [5, 5.41) is 1.09. The highest BCUT2D eigenvalue weighted by atomic mass is 14.8. The molecule has 0 amide bonds. The van der Waals surface area contributed by atoms with Crippen molar-refractivity contribution in [3.05, 3.63) is 96.7 Å². The zero-order chi connectivity index (χ0) is 21.9. The standard InChI is InChI=1S/C26H22N6/c1-3-31-26(21-9-18(7-6-17(21)2)20-12-29-16-30-13-20)24-10-22-23(14-28-15-25(22)32-24)19-5-4-8-27-11-19/h4-16,32H,3H2,1-2H3/b31-26+. The van der Waals surface area contributed by atoms with Crippen LogP contribution in [0.4, 0.5) is 0 Å². The lowest BCUT2D eigenvalue weighted by atomic mass is 9.96. The summed E-state index contributed by atoms with van der Waals surface area (Å²) in [5.41, 5.74) is 9.20. The van der Waals surface area contributed by atoms with Gasteiger partial charge in [-0.25, -0.2) is 9.97 Å². The molecule has 5 aromatic rings. The van der Waals surface area contributed by atoms with Crippen LogP contribution in [0.2, 0.25) is 0 Å². The van der Waals surface area contributed by atoms with Crippen molar-refractivity contribution in [1.82, 2.24) is 24.9 Å². The van der Waals surface area contributed by atoms with E-state index in [-0.39, 0.29) is 0 Å². The van der Waals surface area contributed by atoms with Crippen molar-refractivity contribution in [2.75, 3.05) is 6.54 Å². The normalized spacial score (nSPS) is 11.8. The first-order valence-corrected chi connectivity index (χ1v) is 10.5. The van der Waals surface area contributed by atoms with Crippen LogP contribution in [0.25, 0.3) is 33.2 Å². The van der Waals surface area contributed by atoms with Gasteiger partial charge < -0.3 is 4.98 Å². The fourth-order valence-electron chi connectivity index (χ4n) is 3.91. The van der Waals surface area contributed by atoms with E-state index in [1.54, 1.807) is 12.5 Å². The number of hydrogen-bond donors (Lipinski definition) is 1. The molecule has 0 saturated heterocycles. The Hall–Kier alpha value is -4.19. The van der Waals surface area contributed by atoms with Crippen molar-refractivity contribution in [1.29, 1.82) is 0 Å². The molecule has 0 unspecified atom stereocenters. The first-order chi connectivity index (χ1) is 15.7. The Bertz CT molecular complexity index is 1400. The molecule has 0 saturated carbocycles. The third-order valence-electron chi connectivity index (χ3n) is 5.48. The van der Waals surface area contributed by atoms with Gasteiger partial charge in [0.05, 0.1) is 23.1 Å². The summed E-state index contributed by atoms with van der Waals surface area (Å²) in [6.07, 6.45) is 12.6. The molecule has 0 aliphatic heterocycles. The van der Waals surface area contributed by atoms with Crippen LogP contribution in [0.3, 0.4) is 0 Å². The van der Waals surface area contributed by atoms with E-state index in [1.165, 1.54) is 0 Å². The van der Waals surface area contributed by atoms with Crippen molar-refractivity contribution in [3.8, 4) is 22.3 Å². The number of rotatable bonds is 5. The van der Waals surface area contributed by atoms with E-state index in [0.29, 0.717) is 6.54 Å². The van der Waals surface area contributed by atoms with Gasteiger partial charge in [-0.05, 0) is 43.2 Å². The van der Waals surface area contributed by atoms with Gasteiger partial charge in [0, 0.05) is 65.2 Å². The number of fused-ring (bicyclic) bond motifs is 1. The fraction of sp³-hybridized carbons (Fsp3) is 0.115. The summed E-state index contributed by atoms with van der Waals surface area (Å²) >= 11 is 0. The quantitative estimate of drug-likeness (QED) is 0.396. The Morgan fingerprint density at radius 3 is 2.50 bits per heavy atom. The number of benzene rings is 1. The minimum Gasteiger partial charge on any atom is -0.352 e. The van der Waals surface area contributed by atoms with Crippen LogP contribution in [0, 0.1) is 6.92 Å². The summed E-state index contributed by atoms with van der Waals surface area (Å²) in [6, 6.07) is 12.5. The molecule has 0 spiro atoms. The van der Waals surface area contributed by atoms with Gasteiger partial charge >= 0.3 is 0 Å². The van der Waals surface area contributed by atoms with Gasteiger partial charge in [0.25, 0.3) is 0 Å². The molecule has 0 fully saturated rings. The molecule has 6 nitrogen and oxygen atoms in total. The highest BCUT2D eigenvalue weighted by molar-refractivity contribution is 6.15. The third-order valence-corrected chi connectivity index (χ3v) is 5.48. The van der Waals surface area contributed by atoms with Gasteiger partial charge in [0.15, 0.2) is 0 Å². The maximum absolute atomic E-state index is 4.88. The second-order valence-corrected chi connectivity index (χ2v) is 7.55. The summed E-state index contributed by atoms with van der Waals surface area (Å²) in [4.78, 5) is 25.4. The van der Waals surface area contributed by atoms with Crippen molar-refractivity contribution in [2.24, 2.45) is 4.99 Å². The number of aryl methyl sites for hydroxylation is 1. The molecule has 0 bridgehead atoms. The predicted octanol–water partition coefficient (Wildman–Crippen LogP) is 5.25. The number of H-pyrrole nitrogens is 1. The zero-order valence-electron chi connectivity index (χ0n) is 17.9. The molecule has 0 aliphatic rings. The number of nitrogens with zero attached hydrogens (tertiary/aromatic N) is 5. The van der Waals surface area contributed by atoms with Gasteiger partial charge in [0.2, 0.25) is 0 Å². The van der Waals surface area contributed by atoms with Gasteiger partial charge in [-0.3, -0.25) is 15.0 Å². The molecule has 4 heterocycles. The van der Waals surface area contributed by atoms with Crippen molar-refractivity contribution < 1.29 is 0 Å². The average Bonchev–Trinajstić information content (AvgIpc) is 3.28. The van der Waals surface area contributed by atoms with Crippen LogP contribution >= 0.6 is 0 Å². The van der Waals surface area contributed by atoms with Gasteiger partial charge in [0.1, 0.15) is 6.33 Å². The summed E-state index contributed by atoms with van der Waals surface area (Å²) in [6.45, 7) is 4.84. The molecular formula is C26H22N6. The Morgan fingerprint density at radius 2 is 1.72 bits per heavy atom. The van der Waals surface area contributed by atoms with E-state index >= 15 is 0 Å². The van der Waals surface area contributed by atoms with Crippen LogP contribution in [0.5, 0.6) is 0 Å². The minimum absolute atomic E-state index is 0.677. The third kappa shape index (κ3) is 3.67. The Kier molecular flexibility index (Phi) is 5.25. The van der Waals surface area contributed by atoms with E-state index in [4.69, 9.17) is 4.99 Å². The molecular weight excluding hydrogens is 396 g/mol. The number of aromatic nitrogens is 5. The van der Waals surface area contributed by atoms with Crippen LogP contribution in [0.15, 0.2) is 84.9 Å². The highest BCUT2D eigenvalue weighted by Crippen LogP contribution is 2.30. The summed E-state index contributed by atoms with van der Waals surface area (Å²) in [7, 11) is 0. The largest absolute Gasteiger partial charge is 0.352 e. The summed E-state index contributed by atoms with van der Waals surface area (Å²) < 4.78 is 0. The van der Waals surface area contributed by atoms with Gasteiger partial charge in [-0.2, -0.15) is 0 Å². The predicted molar refractivity (Wildman–Crippen MR) is 128 cm³/mol. The molecule has 0 aliphatic carbocycles. The van der Waals surface area contributed by atoms with Gasteiger partial charge in [-0.1, -0.05) is 18.2 Å². The van der Waals surface area contributed by atoms with E-state index < -0.39 is 0 Å². The van der Waals surface area contributed by atoms with Crippen LogP contribution in [-0.4, -0.2) is 37.2 Å². The smallest absolute Gasteiger partial charge is 0.115 e. The maximum atomic E-state index is 4.88. The molecule has 6 heteroatoms. The molecule has 1 aromatic carbocycles. The molecule has 0 atom stereocenters. The average molecular weight is 419 g/mol. The van der Waals surface area contributed by atoms with Crippen LogP contribution in [0.1, 0.15) is 23.7 Å². The van der Waals surface area contributed by atoms with E-state index in [1.807, 2.05) is 43.1 Å². The molecule has 4 aromatic heterocycles. The molecule has 5 rings (SSSR count). The second-order valence-electron chi connectivity index (χ2n) is 7.55. The number of hydrogen-bond acceptors (Lipinski definition) is 5. The maximum Gasteiger partial charge on any atom is 0.115 e. The molecule has 0 radical (unpaired) electrons. The number of aliphatic imine (C=N–C) groups is 1. The number of pyridine rings is 2. The Morgan fingerprint density at radius 1 is 0.875 bits per heavy atom. The van der Waals surface area contributed by atoms with E-state index in [9.17, 15) is 0 Å². The second kappa shape index (κ2) is 8.51. The topological polar surface area (TPSA) is 79.7 Å². The SMILES string of the molecule is CC/N=C(/c1cc2c(-c3cccnc3)cncc2[nH]1)c1cc(-c2cncnc2)ccc1C. The molecule has 1 N–H and O–H groups in total. The lowest BCUT2D eigenvalue weighted by molar-refractivity contribution is 1.12. The van der Waals surface area contributed by atoms with E-state index in [0.717, 1.165) is 55.7 Å². The summed E-state index contributed by atoms with van der Waals surface area (Å²) in [5.74, 6) is 0. The Balaban J connectivity index is 1.65. The van der Waals surface area contributed by atoms with Crippen LogP contribution in [-0.2, 0) is 0 Å². The molecule has 32 heavy (non-hydrogen) atoms. The van der Waals surface area contributed by atoms with E-state index in [2.05, 4.69) is 63.0 Å². The first-order valence-electron chi connectivity index (χ1n) is 10.5. The number of nitrogens with one attached hydrogen (secondary N) is 1. The highest BCUT2D eigenvalue weighted by Gasteiger charge is 2.16. The van der Waals surface area contributed by atoms with Crippen molar-refractivity contribution in [2.45, 2.75) is 13.8 Å². The monoisotopic (exact) mass is 418 g/mol. The number of aromatic amines is 1. The van der Waals surface area contributed by atoms with Crippen LogP contribution < -0.4 is 0 Å². The fourth-order valence-corrected chi connectivity index (χ4v) is 3.91. The lowest BCUT2D eigenvalue weighted by Crippen LogP contribution is -2.07. The Labute approximate surface area is 186 Å². The zero-order valence-corrected chi connectivity index (χ0v) is 17.9. The molecule has 156 valence electrons. The van der Waals surface area contributed by atoms with Crippen molar-refractivity contribution >= 4 is 16.6 Å². The minimum atomic E-state index is 0.677. The van der Waals surface area contributed by atoms with Crippen molar-refractivity contribution in [3.63, 3.8) is 0 Å². The lowest BCUT2D eigenvalue weighted by Gasteiger charge is -2.11.